The molecule has 1 heterocycles. The zero-order valence-electron chi connectivity index (χ0n) is 11.1. The molecule has 21 heavy (non-hydrogen) atoms. The third-order valence-corrected chi connectivity index (χ3v) is 3.85. The van der Waals surface area contributed by atoms with E-state index >= 15 is 0 Å². The van der Waals surface area contributed by atoms with Gasteiger partial charge in [0, 0.05) is 10.9 Å². The molecule has 0 unspecified atom stereocenters. The van der Waals surface area contributed by atoms with Crippen LogP contribution in [0.4, 0.5) is 4.39 Å². The summed E-state index contributed by atoms with van der Waals surface area (Å²) in [6.45, 7) is 0.627. The normalized spacial score (nSPS) is 11.0. The Hall–Kier alpha value is -1.85. The van der Waals surface area contributed by atoms with E-state index in [0.29, 0.717) is 29.1 Å². The Kier molecular flexibility index (Phi) is 3.94. The van der Waals surface area contributed by atoms with Gasteiger partial charge in [-0.25, -0.2) is 4.39 Å². The first-order valence-electron chi connectivity index (χ1n) is 6.46. The second-order valence-corrected chi connectivity index (χ2v) is 5.42. The van der Waals surface area contributed by atoms with Crippen LogP contribution in [0.5, 0.6) is 5.75 Å². The number of para-hydroxylation sites is 1. The van der Waals surface area contributed by atoms with Crippen LogP contribution in [0.15, 0.2) is 51.4 Å². The summed E-state index contributed by atoms with van der Waals surface area (Å²) >= 11 is 3.14. The third kappa shape index (κ3) is 2.80. The Balaban J connectivity index is 1.89. The molecule has 3 rings (SSSR count). The van der Waals surface area contributed by atoms with Crippen LogP contribution in [0.2, 0.25) is 0 Å². The molecular formula is C16H13BrFNO2. The van der Waals surface area contributed by atoms with Gasteiger partial charge in [0.25, 0.3) is 0 Å². The zero-order valence-corrected chi connectivity index (χ0v) is 12.7. The molecule has 0 aliphatic heterocycles. The maximum absolute atomic E-state index is 13.2. The number of ether oxygens (including phenoxy) is 1. The van der Waals surface area contributed by atoms with Gasteiger partial charge in [-0.15, -0.1) is 0 Å². The number of rotatable bonds is 4. The van der Waals surface area contributed by atoms with Crippen LogP contribution in [-0.2, 0) is 13.2 Å². The van der Waals surface area contributed by atoms with Crippen molar-refractivity contribution in [3.8, 4) is 5.75 Å². The monoisotopic (exact) mass is 349 g/mol. The minimum Gasteiger partial charge on any atom is -0.489 e. The van der Waals surface area contributed by atoms with E-state index < -0.39 is 0 Å². The molecule has 0 spiro atoms. The van der Waals surface area contributed by atoms with Crippen molar-refractivity contribution in [2.24, 2.45) is 5.73 Å². The van der Waals surface area contributed by atoms with Gasteiger partial charge in [-0.05, 0) is 40.2 Å². The van der Waals surface area contributed by atoms with E-state index in [2.05, 4.69) is 15.9 Å². The lowest BCUT2D eigenvalue weighted by Crippen LogP contribution is -2.02. The number of fused-ring (bicyclic) bond motifs is 1. The average Bonchev–Trinajstić information content (AvgIpc) is 2.86. The zero-order chi connectivity index (χ0) is 14.8. The van der Waals surface area contributed by atoms with Gasteiger partial charge >= 0.3 is 0 Å². The summed E-state index contributed by atoms with van der Waals surface area (Å²) in [5, 5.41) is 0.985. The Labute approximate surface area is 129 Å². The SMILES string of the molecule is NCc1oc2ccccc2c1COc1ccc(F)c(Br)c1. The summed E-state index contributed by atoms with van der Waals surface area (Å²) in [6, 6.07) is 12.3. The molecule has 0 radical (unpaired) electrons. The summed E-state index contributed by atoms with van der Waals surface area (Å²) in [5.74, 6) is 0.965. The average molecular weight is 350 g/mol. The molecule has 0 bridgehead atoms. The summed E-state index contributed by atoms with van der Waals surface area (Å²) in [5.41, 5.74) is 7.43. The van der Waals surface area contributed by atoms with Gasteiger partial charge in [-0.1, -0.05) is 18.2 Å². The number of nitrogens with two attached hydrogens (primary N) is 1. The number of furan rings is 1. The highest BCUT2D eigenvalue weighted by Crippen LogP contribution is 2.28. The van der Waals surface area contributed by atoms with E-state index in [1.165, 1.54) is 6.07 Å². The van der Waals surface area contributed by atoms with Gasteiger partial charge < -0.3 is 14.9 Å². The second-order valence-electron chi connectivity index (χ2n) is 4.57. The number of hydrogen-bond acceptors (Lipinski definition) is 3. The molecule has 0 aliphatic rings. The molecule has 5 heteroatoms. The minimum atomic E-state index is -0.321. The Morgan fingerprint density at radius 1 is 1.19 bits per heavy atom. The molecule has 2 N–H and O–H groups in total. The standard InChI is InChI=1S/C16H13BrFNO2/c17-13-7-10(5-6-14(13)18)20-9-12-11-3-1-2-4-15(11)21-16(12)8-19/h1-7H,8-9,19H2. The molecule has 0 fully saturated rings. The quantitative estimate of drug-likeness (QED) is 0.760. The topological polar surface area (TPSA) is 48.4 Å². The number of halogens is 2. The van der Waals surface area contributed by atoms with Crippen molar-refractivity contribution >= 4 is 26.9 Å². The maximum Gasteiger partial charge on any atom is 0.137 e. The van der Waals surface area contributed by atoms with Crippen molar-refractivity contribution in [2.45, 2.75) is 13.2 Å². The molecule has 3 nitrogen and oxygen atoms in total. The van der Waals surface area contributed by atoms with Crippen molar-refractivity contribution in [3.05, 3.63) is 64.1 Å². The molecular weight excluding hydrogens is 337 g/mol. The van der Waals surface area contributed by atoms with Crippen molar-refractivity contribution in [1.29, 1.82) is 0 Å². The fraction of sp³-hybridized carbons (Fsp3) is 0.125. The van der Waals surface area contributed by atoms with Crippen LogP contribution in [0.3, 0.4) is 0 Å². The Bertz CT molecular complexity index is 785. The highest BCUT2D eigenvalue weighted by Gasteiger charge is 2.13. The smallest absolute Gasteiger partial charge is 0.137 e. The van der Waals surface area contributed by atoms with Crippen molar-refractivity contribution in [3.63, 3.8) is 0 Å². The second kappa shape index (κ2) is 5.87. The predicted octanol–water partition coefficient (Wildman–Crippen LogP) is 4.37. The molecule has 1 aromatic heterocycles. The van der Waals surface area contributed by atoms with Gasteiger partial charge in [0.1, 0.15) is 29.5 Å². The van der Waals surface area contributed by atoms with E-state index in [1.54, 1.807) is 12.1 Å². The molecule has 0 saturated heterocycles. The van der Waals surface area contributed by atoms with Gasteiger partial charge in [0.15, 0.2) is 0 Å². The van der Waals surface area contributed by atoms with Crippen LogP contribution in [-0.4, -0.2) is 0 Å². The maximum atomic E-state index is 13.2. The Morgan fingerprint density at radius 3 is 2.76 bits per heavy atom. The largest absolute Gasteiger partial charge is 0.489 e. The van der Waals surface area contributed by atoms with E-state index in [9.17, 15) is 4.39 Å². The third-order valence-electron chi connectivity index (χ3n) is 3.24. The van der Waals surface area contributed by atoms with Gasteiger partial charge in [-0.3, -0.25) is 0 Å². The molecule has 0 saturated carbocycles. The predicted molar refractivity (Wildman–Crippen MR) is 82.5 cm³/mol. The highest BCUT2D eigenvalue weighted by atomic mass is 79.9. The van der Waals surface area contributed by atoms with Gasteiger partial charge in [0.05, 0.1) is 11.0 Å². The summed E-state index contributed by atoms with van der Waals surface area (Å²) in [7, 11) is 0. The Morgan fingerprint density at radius 2 is 2.00 bits per heavy atom. The summed E-state index contributed by atoms with van der Waals surface area (Å²) < 4.78 is 25.0. The number of hydrogen-bond donors (Lipinski definition) is 1. The lowest BCUT2D eigenvalue weighted by atomic mass is 10.1. The lowest BCUT2D eigenvalue weighted by Gasteiger charge is -2.07. The first kappa shape index (κ1) is 14.1. The van der Waals surface area contributed by atoms with E-state index in [1.807, 2.05) is 24.3 Å². The highest BCUT2D eigenvalue weighted by molar-refractivity contribution is 9.10. The van der Waals surface area contributed by atoms with Crippen LogP contribution >= 0.6 is 15.9 Å². The first-order chi connectivity index (χ1) is 10.2. The lowest BCUT2D eigenvalue weighted by molar-refractivity contribution is 0.302. The van der Waals surface area contributed by atoms with Crippen LogP contribution in [0, 0.1) is 5.82 Å². The van der Waals surface area contributed by atoms with Crippen molar-refractivity contribution < 1.29 is 13.5 Å². The van der Waals surface area contributed by atoms with Gasteiger partial charge in [-0.2, -0.15) is 0 Å². The fourth-order valence-electron chi connectivity index (χ4n) is 2.19. The molecule has 0 aliphatic carbocycles. The van der Waals surface area contributed by atoms with E-state index in [4.69, 9.17) is 14.9 Å². The van der Waals surface area contributed by atoms with Crippen LogP contribution in [0.25, 0.3) is 11.0 Å². The number of benzene rings is 2. The summed E-state index contributed by atoms with van der Waals surface area (Å²) in [4.78, 5) is 0. The van der Waals surface area contributed by atoms with Crippen molar-refractivity contribution in [2.75, 3.05) is 0 Å². The molecule has 0 atom stereocenters. The fourth-order valence-corrected chi connectivity index (χ4v) is 2.55. The summed E-state index contributed by atoms with van der Waals surface area (Å²) in [6.07, 6.45) is 0. The van der Waals surface area contributed by atoms with E-state index in [-0.39, 0.29) is 5.82 Å². The molecule has 0 amide bonds. The van der Waals surface area contributed by atoms with Crippen molar-refractivity contribution in [1.82, 2.24) is 0 Å². The van der Waals surface area contributed by atoms with Gasteiger partial charge in [0.2, 0.25) is 0 Å². The van der Waals surface area contributed by atoms with Crippen LogP contribution in [0.1, 0.15) is 11.3 Å². The minimum absolute atomic E-state index is 0.306. The van der Waals surface area contributed by atoms with E-state index in [0.717, 1.165) is 16.5 Å². The molecule has 2 aromatic carbocycles. The van der Waals surface area contributed by atoms with Crippen LogP contribution < -0.4 is 10.5 Å². The molecule has 3 aromatic rings. The molecule has 108 valence electrons. The first-order valence-corrected chi connectivity index (χ1v) is 7.25.